The first-order valence-electron chi connectivity index (χ1n) is 13.4. The molecule has 5 rings (SSSR count). The molecule has 0 aliphatic carbocycles. The number of carboxylic acids is 1. The van der Waals surface area contributed by atoms with E-state index in [1.807, 2.05) is 30.3 Å². The maximum Gasteiger partial charge on any atom is 0.336 e. The summed E-state index contributed by atoms with van der Waals surface area (Å²) in [4.78, 5) is 45.1. The summed E-state index contributed by atoms with van der Waals surface area (Å²) >= 11 is 0. The van der Waals surface area contributed by atoms with Crippen molar-refractivity contribution in [1.82, 2.24) is 10.4 Å². The van der Waals surface area contributed by atoms with Crippen LogP contribution in [0.15, 0.2) is 66.7 Å². The molecule has 2 heterocycles. The number of carbonyl (C=O) groups is 3. The summed E-state index contributed by atoms with van der Waals surface area (Å²) in [7, 11) is 0. The summed E-state index contributed by atoms with van der Waals surface area (Å²) in [5, 5.41) is 15.7. The lowest BCUT2D eigenvalue weighted by Gasteiger charge is -2.25. The summed E-state index contributed by atoms with van der Waals surface area (Å²) in [6.45, 7) is 5.07. The molecule has 206 valence electrons. The number of nitrogens with zero attached hydrogens (tertiary/aromatic N) is 1. The molecule has 0 unspecified atom stereocenters. The van der Waals surface area contributed by atoms with Gasteiger partial charge < -0.3 is 20.6 Å². The molecule has 0 aromatic heterocycles. The highest BCUT2D eigenvalue weighted by Crippen LogP contribution is 2.39. The second-order valence-electron chi connectivity index (χ2n) is 9.97. The molecule has 2 aliphatic heterocycles. The van der Waals surface area contributed by atoms with E-state index in [9.17, 15) is 19.5 Å². The van der Waals surface area contributed by atoms with Crippen molar-refractivity contribution in [3.05, 3.63) is 94.5 Å². The van der Waals surface area contributed by atoms with Crippen LogP contribution in [0.1, 0.15) is 56.7 Å². The monoisotopic (exact) mass is 540 g/mol. The average Bonchev–Trinajstić information content (AvgIpc) is 3.28. The van der Waals surface area contributed by atoms with E-state index in [0.717, 1.165) is 25.2 Å². The van der Waals surface area contributed by atoms with Crippen LogP contribution >= 0.6 is 0 Å². The highest BCUT2D eigenvalue weighted by atomic mass is 16.7. The summed E-state index contributed by atoms with van der Waals surface area (Å²) in [6.07, 6.45) is 3.69. The van der Waals surface area contributed by atoms with Crippen LogP contribution in [0, 0.1) is 6.92 Å². The number of carbonyl (C=O) groups excluding carboxylic acids is 2. The zero-order chi connectivity index (χ0) is 28.1. The van der Waals surface area contributed by atoms with Gasteiger partial charge in [-0.15, -0.1) is 0 Å². The Morgan fingerprint density at radius 2 is 1.70 bits per heavy atom. The van der Waals surface area contributed by atoms with Crippen molar-refractivity contribution in [2.75, 3.05) is 36.9 Å². The van der Waals surface area contributed by atoms with Crippen molar-refractivity contribution in [3.63, 3.8) is 0 Å². The molecule has 9 nitrogen and oxygen atoms in total. The topological polar surface area (TPSA) is 120 Å². The Hall–Kier alpha value is -4.47. The molecule has 1 fully saturated rings. The van der Waals surface area contributed by atoms with E-state index < -0.39 is 5.97 Å². The third-order valence-corrected chi connectivity index (χ3v) is 7.19. The largest absolute Gasteiger partial charge is 0.478 e. The number of rotatable bonds is 9. The Morgan fingerprint density at radius 1 is 0.975 bits per heavy atom. The highest BCUT2D eigenvalue weighted by Gasteiger charge is 2.30. The predicted octanol–water partition coefficient (Wildman–Crippen LogP) is 4.77. The third kappa shape index (κ3) is 6.06. The van der Waals surface area contributed by atoms with Gasteiger partial charge in [-0.3, -0.25) is 14.4 Å². The Labute approximate surface area is 232 Å². The van der Waals surface area contributed by atoms with Crippen molar-refractivity contribution in [1.29, 1.82) is 0 Å². The van der Waals surface area contributed by atoms with Gasteiger partial charge in [-0.25, -0.2) is 10.3 Å². The van der Waals surface area contributed by atoms with Crippen LogP contribution < -0.4 is 16.1 Å². The van der Waals surface area contributed by atoms with Gasteiger partial charge in [0.15, 0.2) is 0 Å². The van der Waals surface area contributed by atoms with E-state index in [4.69, 9.17) is 4.84 Å². The zero-order valence-corrected chi connectivity index (χ0v) is 22.3. The van der Waals surface area contributed by atoms with Gasteiger partial charge in [0.05, 0.1) is 29.1 Å². The molecule has 2 aliphatic rings. The number of carboxylic acid groups (broad SMARTS) is 1. The van der Waals surface area contributed by atoms with Crippen LogP contribution in [-0.4, -0.2) is 54.0 Å². The number of fused-ring (bicyclic) bond motifs is 1. The molecular weight excluding hydrogens is 508 g/mol. The fourth-order valence-electron chi connectivity index (χ4n) is 5.07. The summed E-state index contributed by atoms with van der Waals surface area (Å²) < 4.78 is 0. The van der Waals surface area contributed by atoms with E-state index in [2.05, 4.69) is 21.0 Å². The minimum Gasteiger partial charge on any atom is -0.478 e. The quantitative estimate of drug-likeness (QED) is 0.175. The first kappa shape index (κ1) is 27.1. The van der Waals surface area contributed by atoms with Gasteiger partial charge in [0.25, 0.3) is 11.8 Å². The van der Waals surface area contributed by atoms with E-state index in [1.165, 1.54) is 25.3 Å². The maximum atomic E-state index is 13.2. The second-order valence-corrected chi connectivity index (χ2v) is 9.97. The Morgan fingerprint density at radius 3 is 2.40 bits per heavy atom. The number of hydrogen-bond acceptors (Lipinski definition) is 6. The Kier molecular flexibility index (Phi) is 8.23. The van der Waals surface area contributed by atoms with Gasteiger partial charge in [-0.1, -0.05) is 36.8 Å². The molecule has 9 heteroatoms. The van der Waals surface area contributed by atoms with Crippen molar-refractivity contribution in [3.8, 4) is 0 Å². The lowest BCUT2D eigenvalue weighted by molar-refractivity contribution is -0.110. The minimum absolute atomic E-state index is 0.138. The molecule has 0 saturated carbocycles. The van der Waals surface area contributed by atoms with Crippen LogP contribution in [0.5, 0.6) is 0 Å². The van der Waals surface area contributed by atoms with Gasteiger partial charge in [0.2, 0.25) is 0 Å². The highest BCUT2D eigenvalue weighted by molar-refractivity contribution is 6.37. The molecule has 2 amide bonds. The first-order chi connectivity index (χ1) is 19.4. The fraction of sp³-hybridized carbons (Fsp3) is 0.258. The van der Waals surface area contributed by atoms with Gasteiger partial charge in [0, 0.05) is 23.4 Å². The minimum atomic E-state index is -1.05. The maximum absolute atomic E-state index is 13.2. The van der Waals surface area contributed by atoms with E-state index in [0.29, 0.717) is 45.9 Å². The molecule has 40 heavy (non-hydrogen) atoms. The molecule has 1 saturated heterocycles. The Balaban J connectivity index is 1.34. The average molecular weight is 541 g/mol. The van der Waals surface area contributed by atoms with Crippen LogP contribution in [-0.2, 0) is 9.63 Å². The van der Waals surface area contributed by atoms with Crippen LogP contribution in [0.3, 0.4) is 0 Å². The lowest BCUT2D eigenvalue weighted by Crippen LogP contribution is -2.35. The van der Waals surface area contributed by atoms with Crippen molar-refractivity contribution >= 4 is 40.4 Å². The van der Waals surface area contributed by atoms with E-state index >= 15 is 0 Å². The van der Waals surface area contributed by atoms with Gasteiger partial charge in [-0.05, 0) is 80.4 Å². The number of benzene rings is 3. The van der Waals surface area contributed by atoms with Crippen LogP contribution in [0.25, 0.3) is 11.3 Å². The molecular formula is C31H32N4O5. The standard InChI is InChI=1S/C31H32N4O5/c1-20-18-25-26(19-24(20)31(38)39)33-30(37)27(25)28(21-8-4-2-5-9-21)32-23-12-10-22(11-13-23)29(36)34-40-17-16-35-14-6-3-7-15-35/h2,4-5,8-13,18-19,32H,3,6-7,14-17H2,1H3,(H,33,37)(H,34,36)(H,38,39). The number of aryl methyl sites for hydroxylation is 1. The number of nitrogens with one attached hydrogen (secondary N) is 3. The lowest BCUT2D eigenvalue weighted by atomic mass is 9.96. The molecule has 0 atom stereocenters. The normalized spacial score (nSPS) is 16.2. The van der Waals surface area contributed by atoms with Gasteiger partial charge in [0.1, 0.15) is 0 Å². The first-order valence-corrected chi connectivity index (χ1v) is 13.4. The van der Waals surface area contributed by atoms with Crippen molar-refractivity contribution < 1.29 is 24.3 Å². The summed E-state index contributed by atoms with van der Waals surface area (Å²) in [5.74, 6) is -1.72. The van der Waals surface area contributed by atoms with Crippen molar-refractivity contribution in [2.45, 2.75) is 26.2 Å². The van der Waals surface area contributed by atoms with Gasteiger partial charge in [-0.2, -0.15) is 0 Å². The summed E-state index contributed by atoms with van der Waals surface area (Å²) in [6, 6.07) is 19.5. The van der Waals surface area contributed by atoms with E-state index in [-0.39, 0.29) is 17.4 Å². The molecule has 0 spiro atoms. The van der Waals surface area contributed by atoms with Gasteiger partial charge >= 0.3 is 5.97 Å². The number of aromatic carboxylic acids is 1. The molecule has 4 N–H and O–H groups in total. The molecule has 3 aromatic rings. The van der Waals surface area contributed by atoms with Crippen molar-refractivity contribution in [2.24, 2.45) is 0 Å². The number of amides is 2. The molecule has 0 radical (unpaired) electrons. The number of hydroxylamine groups is 1. The number of anilines is 2. The summed E-state index contributed by atoms with van der Waals surface area (Å²) in [5.41, 5.74) is 7.15. The number of likely N-dealkylation sites (tertiary alicyclic amines) is 1. The molecule has 0 bridgehead atoms. The SMILES string of the molecule is Cc1cc2c(cc1C(=O)O)NC(=O)C2=C(Nc1ccc(C(=O)NOCCN2CCCCC2)cc1)c1ccccc1. The zero-order valence-electron chi connectivity index (χ0n) is 22.3. The predicted molar refractivity (Wildman–Crippen MR) is 154 cm³/mol. The third-order valence-electron chi connectivity index (χ3n) is 7.19. The Bertz CT molecular complexity index is 1440. The van der Waals surface area contributed by atoms with Crippen LogP contribution in [0.4, 0.5) is 11.4 Å². The number of hydrogen-bond donors (Lipinski definition) is 4. The van der Waals surface area contributed by atoms with Crippen LogP contribution in [0.2, 0.25) is 0 Å². The smallest absolute Gasteiger partial charge is 0.336 e. The fourth-order valence-corrected chi connectivity index (χ4v) is 5.07. The molecule has 3 aromatic carbocycles. The second kappa shape index (κ2) is 12.1. The number of piperidine rings is 1. The van der Waals surface area contributed by atoms with E-state index in [1.54, 1.807) is 37.3 Å².